The van der Waals surface area contributed by atoms with Gasteiger partial charge in [0.1, 0.15) is 11.8 Å². The van der Waals surface area contributed by atoms with E-state index in [-0.39, 0.29) is 16.4 Å². The Bertz CT molecular complexity index is 1200. The number of benzene rings is 2. The molecule has 1 amide bonds. The van der Waals surface area contributed by atoms with Gasteiger partial charge >= 0.3 is 0 Å². The molecule has 4 rings (SSSR count). The summed E-state index contributed by atoms with van der Waals surface area (Å²) in [5, 5.41) is 13.9. The molecule has 1 unspecified atom stereocenters. The van der Waals surface area contributed by atoms with E-state index in [1.54, 1.807) is 24.3 Å². The minimum atomic E-state index is -0.793. The number of aliphatic hydroxyl groups is 1. The number of halogens is 3. The number of amides is 1. The van der Waals surface area contributed by atoms with Gasteiger partial charge in [0.05, 0.1) is 15.6 Å². The van der Waals surface area contributed by atoms with E-state index >= 15 is 0 Å². The van der Waals surface area contributed by atoms with E-state index in [0.29, 0.717) is 21.3 Å². The maximum Gasteiger partial charge on any atom is 0.300 e. The van der Waals surface area contributed by atoms with E-state index < -0.39 is 17.7 Å². The standard InChI is InChI=1S/C22H14Cl3NO3S/c1-11-4-6-13(10-15(11)24)26-19(17-3-2-8-30-17)18(21(28)22(26)29)20(27)12-5-7-14(23)16(25)9-12/h2-10,19,27H,1H3/b20-18-. The second kappa shape index (κ2) is 8.08. The molecule has 30 heavy (non-hydrogen) atoms. The molecule has 0 radical (unpaired) electrons. The number of carbonyl (C=O) groups is 2. The van der Waals surface area contributed by atoms with Crippen LogP contribution < -0.4 is 4.90 Å². The Labute approximate surface area is 191 Å². The molecular formula is C22H14Cl3NO3S. The molecule has 1 N–H and O–H groups in total. The Morgan fingerprint density at radius 2 is 1.77 bits per heavy atom. The van der Waals surface area contributed by atoms with Gasteiger partial charge in [-0.3, -0.25) is 14.5 Å². The van der Waals surface area contributed by atoms with Gasteiger partial charge in [0.2, 0.25) is 0 Å². The van der Waals surface area contributed by atoms with Crippen LogP contribution in [0.5, 0.6) is 0 Å². The Morgan fingerprint density at radius 1 is 1.00 bits per heavy atom. The number of rotatable bonds is 3. The molecule has 1 aromatic heterocycles. The smallest absolute Gasteiger partial charge is 0.300 e. The van der Waals surface area contributed by atoms with Crippen molar-refractivity contribution >= 4 is 69.3 Å². The Hall–Kier alpha value is -2.31. The van der Waals surface area contributed by atoms with Crippen molar-refractivity contribution in [3.8, 4) is 0 Å². The Balaban J connectivity index is 1.93. The number of aryl methyl sites for hydroxylation is 1. The van der Waals surface area contributed by atoms with Gasteiger partial charge in [0.25, 0.3) is 11.7 Å². The minimum Gasteiger partial charge on any atom is -0.507 e. The van der Waals surface area contributed by atoms with Gasteiger partial charge in [-0.05, 0) is 54.3 Å². The van der Waals surface area contributed by atoms with Crippen molar-refractivity contribution in [2.45, 2.75) is 13.0 Å². The van der Waals surface area contributed by atoms with Gasteiger partial charge < -0.3 is 5.11 Å². The molecule has 3 aromatic rings. The van der Waals surface area contributed by atoms with E-state index in [9.17, 15) is 14.7 Å². The topological polar surface area (TPSA) is 57.6 Å². The highest BCUT2D eigenvalue weighted by molar-refractivity contribution is 7.10. The molecule has 1 saturated heterocycles. The second-order valence-corrected chi connectivity index (χ2v) is 8.95. The van der Waals surface area contributed by atoms with Crippen LogP contribution in [0.2, 0.25) is 15.1 Å². The molecule has 0 aliphatic carbocycles. The lowest BCUT2D eigenvalue weighted by Crippen LogP contribution is -2.29. The lowest BCUT2D eigenvalue weighted by Gasteiger charge is -2.24. The zero-order valence-electron chi connectivity index (χ0n) is 15.5. The van der Waals surface area contributed by atoms with E-state index in [0.717, 1.165) is 10.4 Å². The molecule has 2 heterocycles. The lowest BCUT2D eigenvalue weighted by atomic mass is 9.99. The number of carbonyl (C=O) groups excluding carboxylic acids is 2. The zero-order valence-corrected chi connectivity index (χ0v) is 18.6. The fraction of sp³-hybridized carbons (Fsp3) is 0.0909. The molecule has 2 aromatic carbocycles. The van der Waals surface area contributed by atoms with Crippen LogP contribution in [-0.4, -0.2) is 16.8 Å². The molecule has 8 heteroatoms. The number of ketones is 1. The van der Waals surface area contributed by atoms with Gasteiger partial charge in [-0.2, -0.15) is 0 Å². The molecule has 1 aliphatic rings. The first-order valence-electron chi connectivity index (χ1n) is 8.85. The average Bonchev–Trinajstić information content (AvgIpc) is 3.33. The highest BCUT2D eigenvalue weighted by Crippen LogP contribution is 2.44. The summed E-state index contributed by atoms with van der Waals surface area (Å²) in [5.41, 5.74) is 1.60. The molecule has 0 bridgehead atoms. The molecule has 0 saturated carbocycles. The van der Waals surface area contributed by atoms with Crippen LogP contribution in [-0.2, 0) is 9.59 Å². The van der Waals surface area contributed by atoms with Crippen LogP contribution in [0, 0.1) is 6.92 Å². The number of hydrogen-bond acceptors (Lipinski definition) is 4. The van der Waals surface area contributed by atoms with Crippen molar-refractivity contribution in [1.82, 2.24) is 0 Å². The summed E-state index contributed by atoms with van der Waals surface area (Å²) in [6.07, 6.45) is 0. The third-order valence-corrected chi connectivity index (χ3v) is 6.95. The predicted octanol–water partition coefficient (Wildman–Crippen LogP) is 6.64. The number of nitrogens with zero attached hydrogens (tertiary/aromatic N) is 1. The van der Waals surface area contributed by atoms with Gasteiger partial charge in [-0.15, -0.1) is 11.3 Å². The van der Waals surface area contributed by atoms with Gasteiger partial charge in [0.15, 0.2) is 0 Å². The van der Waals surface area contributed by atoms with Gasteiger partial charge in [-0.1, -0.05) is 46.9 Å². The van der Waals surface area contributed by atoms with Crippen molar-refractivity contribution in [3.63, 3.8) is 0 Å². The summed E-state index contributed by atoms with van der Waals surface area (Å²) in [4.78, 5) is 28.1. The van der Waals surface area contributed by atoms with Crippen molar-refractivity contribution in [1.29, 1.82) is 0 Å². The highest BCUT2D eigenvalue weighted by Gasteiger charge is 2.47. The molecule has 4 nitrogen and oxygen atoms in total. The fourth-order valence-electron chi connectivity index (χ4n) is 3.35. The molecule has 1 atom stereocenters. The normalized spacial score (nSPS) is 18.3. The van der Waals surface area contributed by atoms with Crippen molar-refractivity contribution < 1.29 is 14.7 Å². The first kappa shape index (κ1) is 20.9. The number of aliphatic hydroxyl groups excluding tert-OH is 1. The largest absolute Gasteiger partial charge is 0.507 e. The highest BCUT2D eigenvalue weighted by atomic mass is 35.5. The summed E-state index contributed by atoms with van der Waals surface area (Å²) in [7, 11) is 0. The number of Topliss-reactive ketones (excluding diaryl/α,β-unsaturated/α-hetero) is 1. The molecule has 1 fully saturated rings. The van der Waals surface area contributed by atoms with Crippen LogP contribution in [0.1, 0.15) is 22.0 Å². The quantitative estimate of drug-likeness (QED) is 0.261. The summed E-state index contributed by atoms with van der Waals surface area (Å²) in [6, 6.07) is 12.5. The van der Waals surface area contributed by atoms with Crippen LogP contribution in [0.3, 0.4) is 0 Å². The van der Waals surface area contributed by atoms with Gasteiger partial charge in [0, 0.05) is 21.2 Å². The molecule has 0 spiro atoms. The number of hydrogen-bond donors (Lipinski definition) is 1. The van der Waals surface area contributed by atoms with Crippen molar-refractivity contribution in [2.75, 3.05) is 4.90 Å². The molecule has 152 valence electrons. The first-order chi connectivity index (χ1) is 14.3. The van der Waals surface area contributed by atoms with Crippen LogP contribution in [0.15, 0.2) is 59.5 Å². The van der Waals surface area contributed by atoms with E-state index in [4.69, 9.17) is 34.8 Å². The maximum absolute atomic E-state index is 13.0. The number of anilines is 1. The van der Waals surface area contributed by atoms with E-state index in [1.807, 2.05) is 24.4 Å². The number of thiophene rings is 1. The second-order valence-electron chi connectivity index (χ2n) is 6.75. The average molecular weight is 479 g/mol. The van der Waals surface area contributed by atoms with E-state index in [2.05, 4.69) is 0 Å². The Kier molecular flexibility index (Phi) is 5.64. The molecular weight excluding hydrogens is 465 g/mol. The minimum absolute atomic E-state index is 0.0162. The van der Waals surface area contributed by atoms with Crippen LogP contribution >= 0.6 is 46.1 Å². The maximum atomic E-state index is 13.0. The predicted molar refractivity (Wildman–Crippen MR) is 122 cm³/mol. The Morgan fingerprint density at radius 3 is 2.40 bits per heavy atom. The van der Waals surface area contributed by atoms with Crippen LogP contribution in [0.4, 0.5) is 5.69 Å². The summed E-state index contributed by atoms with van der Waals surface area (Å²) >= 11 is 19.7. The third-order valence-electron chi connectivity index (χ3n) is 4.88. The van der Waals surface area contributed by atoms with Gasteiger partial charge in [-0.25, -0.2) is 0 Å². The zero-order chi connectivity index (χ0) is 21.6. The summed E-state index contributed by atoms with van der Waals surface area (Å²) < 4.78 is 0. The fourth-order valence-corrected chi connectivity index (χ4v) is 4.64. The first-order valence-corrected chi connectivity index (χ1v) is 10.9. The van der Waals surface area contributed by atoms with E-state index in [1.165, 1.54) is 28.4 Å². The van der Waals surface area contributed by atoms with Crippen molar-refractivity contribution in [2.24, 2.45) is 0 Å². The van der Waals surface area contributed by atoms with Crippen LogP contribution in [0.25, 0.3) is 5.76 Å². The monoisotopic (exact) mass is 477 g/mol. The summed E-state index contributed by atoms with van der Waals surface area (Å²) in [5.74, 6) is -1.84. The lowest BCUT2D eigenvalue weighted by molar-refractivity contribution is -0.132. The third kappa shape index (κ3) is 3.52. The molecule has 1 aliphatic heterocycles. The van der Waals surface area contributed by atoms with Crippen molar-refractivity contribution in [3.05, 3.63) is 90.6 Å². The SMILES string of the molecule is Cc1ccc(N2C(=O)C(=O)/C(=C(\O)c3ccc(Cl)c(Cl)c3)C2c2cccs2)cc1Cl. The summed E-state index contributed by atoms with van der Waals surface area (Å²) in [6.45, 7) is 1.85.